The summed E-state index contributed by atoms with van der Waals surface area (Å²) in [7, 11) is -3.72. The first kappa shape index (κ1) is 47.2. The lowest BCUT2D eigenvalue weighted by Gasteiger charge is -2.26. The quantitative estimate of drug-likeness (QED) is 0.0865. The van der Waals surface area contributed by atoms with Crippen LogP contribution in [0.5, 0.6) is 0 Å². The van der Waals surface area contributed by atoms with Gasteiger partial charge in [0.25, 0.3) is 0 Å². The van der Waals surface area contributed by atoms with Crippen LogP contribution in [0.25, 0.3) is 0 Å². The minimum absolute atomic E-state index is 0.461. The molecule has 0 amide bonds. The zero-order valence-corrected chi connectivity index (χ0v) is 41.0. The molecule has 0 spiro atoms. The molecule has 0 saturated heterocycles. The van der Waals surface area contributed by atoms with E-state index in [4.69, 9.17) is 8.30 Å². The van der Waals surface area contributed by atoms with Crippen LogP contribution in [-0.4, -0.2) is 0 Å². The highest BCUT2D eigenvalue weighted by atomic mass is 33.1. The van der Waals surface area contributed by atoms with Gasteiger partial charge in [-0.25, -0.2) is 25.9 Å². The molecule has 4 nitrogen and oxygen atoms in total. The number of hydrogen-bond acceptors (Lipinski definition) is 6. The lowest BCUT2D eigenvalue weighted by Crippen LogP contribution is -2.25. The first-order valence-electron chi connectivity index (χ1n) is 21.2. The average Bonchev–Trinajstić information content (AvgIpc) is 3.98. The fourth-order valence-electron chi connectivity index (χ4n) is 7.38. The predicted molar refractivity (Wildman–Crippen MR) is 285 cm³/mol. The van der Waals surface area contributed by atoms with Gasteiger partial charge >= 0.3 is 0 Å². The Morgan fingerprint density at radius 2 is 0.515 bits per heavy atom. The zero-order valence-electron chi connectivity index (χ0n) is 35.9. The fourth-order valence-corrected chi connectivity index (χ4v) is 24.0. The summed E-state index contributed by atoms with van der Waals surface area (Å²) in [5.74, 6) is -3.49. The van der Waals surface area contributed by atoms with Crippen molar-refractivity contribution in [3.63, 3.8) is 0 Å². The highest BCUT2D eigenvalue weighted by molar-refractivity contribution is 8.70. The molecular formula is C54H40F4N4P2S4. The minimum atomic E-state index is -2.42. The van der Waals surface area contributed by atoms with Crippen LogP contribution in [0, 0.1) is 23.3 Å². The third-order valence-corrected chi connectivity index (χ3v) is 25.5. The van der Waals surface area contributed by atoms with E-state index in [1.54, 1.807) is 0 Å². The first-order chi connectivity index (χ1) is 33.3. The van der Waals surface area contributed by atoms with E-state index >= 15 is 0 Å². The third kappa shape index (κ3) is 10.4. The maximum absolute atomic E-state index is 13.8. The maximum atomic E-state index is 13.8. The average molecular weight is 1010 g/mol. The molecule has 338 valence electrons. The number of halogens is 4. The lowest BCUT2D eigenvalue weighted by molar-refractivity contribution is 0.506. The van der Waals surface area contributed by atoms with Crippen molar-refractivity contribution >= 4 is 98.7 Å². The molecule has 2 aliphatic rings. The molecule has 0 N–H and O–H groups in total. The van der Waals surface area contributed by atoms with Crippen LogP contribution in [0.4, 0.5) is 28.9 Å². The second kappa shape index (κ2) is 22.1. The largest absolute Gasteiger partial charge is 0.204 e. The van der Waals surface area contributed by atoms with Gasteiger partial charge in [-0.1, -0.05) is 218 Å². The summed E-state index contributed by atoms with van der Waals surface area (Å²) in [6.45, 7) is 0. The number of hydrogen-bond donors (Lipinski definition) is 0. The Morgan fingerprint density at radius 3 is 0.750 bits per heavy atom. The first-order valence-corrected chi connectivity index (χ1v) is 29.6. The van der Waals surface area contributed by atoms with E-state index in [1.165, 1.54) is 33.7 Å². The molecule has 0 bridgehead atoms. The van der Waals surface area contributed by atoms with Crippen molar-refractivity contribution in [2.75, 3.05) is 0 Å². The summed E-state index contributed by atoms with van der Waals surface area (Å²) in [4.78, 5) is 1.25. The monoisotopic (exact) mass is 1010 g/mol. The maximum Gasteiger partial charge on any atom is 0.161 e. The molecular weight excluding hydrogens is 971 g/mol. The van der Waals surface area contributed by atoms with Crippen molar-refractivity contribution in [3.05, 3.63) is 266 Å². The Bertz CT molecular complexity index is 2900. The molecule has 2 aliphatic heterocycles. The smallest absolute Gasteiger partial charge is 0.161 e. The van der Waals surface area contributed by atoms with Gasteiger partial charge in [0.15, 0.2) is 23.3 Å². The number of fused-ring (bicyclic) bond motifs is 2. The Morgan fingerprint density at radius 1 is 0.309 bits per heavy atom. The van der Waals surface area contributed by atoms with Gasteiger partial charge in [0.05, 0.1) is 55.1 Å². The normalized spacial score (nSPS) is 14.6. The van der Waals surface area contributed by atoms with Gasteiger partial charge in [0.2, 0.25) is 0 Å². The summed E-state index contributed by atoms with van der Waals surface area (Å²) in [5, 5.41) is 6.69. The van der Waals surface area contributed by atoms with Crippen LogP contribution >= 0.6 is 35.7 Å². The summed E-state index contributed by atoms with van der Waals surface area (Å²) in [5.41, 5.74) is 0.923. The molecule has 0 radical (unpaired) electrons. The standard InChI is InChI=1S/2C24H17F2N2PS2.C6H6/c2*25-21-16-23-24(17-22(21)26)30-31(27-23)28-29(18-10-4-1-5-11-18,19-12-6-2-7-13-19)20-14-8-3-9-15-20;1-2-4-6-5-3-1/h2*1-17H;1-6H/t2*31-;/m10./s1. The van der Waals surface area contributed by atoms with Crippen LogP contribution in [-0.2, 0) is 19.8 Å². The van der Waals surface area contributed by atoms with E-state index in [-0.39, 0.29) is 0 Å². The predicted octanol–water partition coefficient (Wildman–Crippen LogP) is 14.7. The van der Waals surface area contributed by atoms with E-state index in [0.29, 0.717) is 21.2 Å². The fraction of sp³-hybridized carbons (Fsp3) is 0. The summed E-state index contributed by atoms with van der Waals surface area (Å²) >= 11 is 0. The van der Waals surface area contributed by atoms with Gasteiger partial charge in [0.1, 0.15) is 0 Å². The Kier molecular flexibility index (Phi) is 15.3. The molecule has 0 aromatic heterocycles. The molecule has 14 heteroatoms. The van der Waals surface area contributed by atoms with Gasteiger partial charge in [-0.3, -0.25) is 0 Å². The van der Waals surface area contributed by atoms with Crippen molar-refractivity contribution in [2.45, 2.75) is 9.79 Å². The highest BCUT2D eigenvalue weighted by Crippen LogP contribution is 2.53. The zero-order chi connectivity index (χ0) is 46.8. The molecule has 0 aliphatic carbocycles. The van der Waals surface area contributed by atoms with Crippen molar-refractivity contribution in [3.8, 4) is 0 Å². The molecule has 0 fully saturated rings. The van der Waals surface area contributed by atoms with Crippen molar-refractivity contribution in [1.29, 1.82) is 0 Å². The molecule has 2 heterocycles. The molecule has 9 aromatic rings. The second-order valence-corrected chi connectivity index (χ2v) is 27.1. The molecule has 68 heavy (non-hydrogen) atoms. The molecule has 0 saturated carbocycles. The minimum Gasteiger partial charge on any atom is -0.204 e. The topological polar surface area (TPSA) is 49.4 Å². The van der Waals surface area contributed by atoms with Gasteiger partial charge in [-0.2, -0.15) is 8.73 Å². The van der Waals surface area contributed by atoms with Gasteiger partial charge in [-0.05, 0) is 33.7 Å². The number of nitrogens with zero attached hydrogens (tertiary/aromatic N) is 4. The van der Waals surface area contributed by atoms with E-state index in [2.05, 4.69) is 81.5 Å². The SMILES string of the molecule is Fc1cc2c(cc1F)S[S@@](N=P(c1ccccc1)(c1ccccc1)c1ccccc1)=N2.Fc1cc2c(cc1F)S[S@](N=P(c1ccccc1)(c1ccccc1)c1ccccc1)=N2.c1ccccc1. The van der Waals surface area contributed by atoms with E-state index in [1.807, 2.05) is 146 Å². The molecule has 2 atom stereocenters. The Balaban J connectivity index is 0.000000151. The summed E-state index contributed by atoms with van der Waals surface area (Å²) in [6, 6.07) is 78.2. The Labute approximate surface area is 406 Å². The van der Waals surface area contributed by atoms with E-state index in [0.717, 1.165) is 44.0 Å². The van der Waals surface area contributed by atoms with Crippen molar-refractivity contribution in [2.24, 2.45) is 17.0 Å². The van der Waals surface area contributed by atoms with Crippen LogP contribution in [0.3, 0.4) is 0 Å². The molecule has 11 rings (SSSR count). The van der Waals surface area contributed by atoms with Gasteiger partial charge in [-0.15, -0.1) is 0 Å². The molecule has 0 unspecified atom stereocenters. The lowest BCUT2D eigenvalue weighted by atomic mass is 10.3. The van der Waals surface area contributed by atoms with E-state index < -0.39 is 57.2 Å². The molecule has 9 aromatic carbocycles. The summed E-state index contributed by atoms with van der Waals surface area (Å²) < 4.78 is 75.2. The van der Waals surface area contributed by atoms with Crippen LogP contribution in [0.2, 0.25) is 0 Å². The van der Waals surface area contributed by atoms with Crippen LogP contribution in [0.1, 0.15) is 0 Å². The summed E-state index contributed by atoms with van der Waals surface area (Å²) in [6.07, 6.45) is 0. The second-order valence-electron chi connectivity index (χ2n) is 14.9. The van der Waals surface area contributed by atoms with Crippen molar-refractivity contribution in [1.82, 2.24) is 0 Å². The van der Waals surface area contributed by atoms with Gasteiger partial charge < -0.3 is 0 Å². The van der Waals surface area contributed by atoms with Crippen LogP contribution < -0.4 is 31.8 Å². The van der Waals surface area contributed by atoms with Crippen LogP contribution in [0.15, 0.2) is 269 Å². The third-order valence-electron chi connectivity index (χ3n) is 10.5. The number of benzene rings is 9. The van der Waals surface area contributed by atoms with E-state index in [9.17, 15) is 17.6 Å². The van der Waals surface area contributed by atoms with Crippen molar-refractivity contribution < 1.29 is 17.6 Å². The highest BCUT2D eigenvalue weighted by Gasteiger charge is 2.31. The van der Waals surface area contributed by atoms with Gasteiger partial charge in [0, 0.05) is 44.0 Å². The Hall–Kier alpha value is -5.84. The number of rotatable bonds is 8.